The van der Waals surface area contributed by atoms with Crippen LogP contribution in [-0.2, 0) is 4.79 Å². The molecule has 1 heteroatoms. The Balaban J connectivity index is 1.83. The van der Waals surface area contributed by atoms with Crippen molar-refractivity contribution in [1.29, 1.82) is 0 Å². The molecule has 2 bridgehead atoms. The molecule has 3 atom stereocenters. The van der Waals surface area contributed by atoms with Crippen molar-refractivity contribution in [3.8, 4) is 0 Å². The van der Waals surface area contributed by atoms with Gasteiger partial charge in [0.1, 0.15) is 6.29 Å². The number of carbonyl (C=O) groups excluding carboxylic acids is 1. The number of aldehydes is 1. The Labute approximate surface area is 68.2 Å². The Hall–Kier alpha value is -0.330. The third kappa shape index (κ3) is 1.33. The molecule has 0 aliphatic heterocycles. The summed E-state index contributed by atoms with van der Waals surface area (Å²) in [6, 6.07) is 0. The van der Waals surface area contributed by atoms with E-state index >= 15 is 0 Å². The zero-order valence-corrected chi connectivity index (χ0v) is 6.96. The van der Waals surface area contributed by atoms with Gasteiger partial charge < -0.3 is 4.79 Å². The highest BCUT2D eigenvalue weighted by Gasteiger charge is 2.38. The minimum absolute atomic E-state index is 0.799. The van der Waals surface area contributed by atoms with Gasteiger partial charge in [0.15, 0.2) is 0 Å². The maximum absolute atomic E-state index is 10.2. The minimum Gasteiger partial charge on any atom is -0.303 e. The molecule has 2 fully saturated rings. The Morgan fingerprint density at radius 2 is 2.18 bits per heavy atom. The van der Waals surface area contributed by atoms with Gasteiger partial charge in [0.2, 0.25) is 0 Å². The molecule has 2 aliphatic carbocycles. The summed E-state index contributed by atoms with van der Waals surface area (Å²) in [6.07, 6.45) is 8.88. The van der Waals surface area contributed by atoms with E-state index in [2.05, 4.69) is 0 Å². The quantitative estimate of drug-likeness (QED) is 0.567. The molecule has 62 valence electrons. The van der Waals surface area contributed by atoms with E-state index in [1.165, 1.54) is 32.1 Å². The first-order chi connectivity index (χ1) is 5.40. The molecule has 1 nitrogen and oxygen atoms in total. The monoisotopic (exact) mass is 152 g/mol. The molecule has 2 saturated carbocycles. The number of hydrogen-bond acceptors (Lipinski definition) is 1. The van der Waals surface area contributed by atoms with Gasteiger partial charge in [-0.2, -0.15) is 0 Å². The van der Waals surface area contributed by atoms with Crippen molar-refractivity contribution in [2.75, 3.05) is 0 Å². The molecule has 11 heavy (non-hydrogen) atoms. The Morgan fingerprint density at radius 1 is 1.27 bits per heavy atom. The van der Waals surface area contributed by atoms with E-state index in [0.29, 0.717) is 0 Å². The van der Waals surface area contributed by atoms with Crippen molar-refractivity contribution < 1.29 is 4.79 Å². The molecule has 0 aromatic rings. The molecule has 0 unspecified atom stereocenters. The molecule has 0 radical (unpaired) electrons. The molecule has 0 amide bonds. The van der Waals surface area contributed by atoms with Crippen LogP contribution in [0.15, 0.2) is 0 Å². The second kappa shape index (κ2) is 2.96. The van der Waals surface area contributed by atoms with Gasteiger partial charge in [0, 0.05) is 6.42 Å². The van der Waals surface area contributed by atoms with Crippen LogP contribution in [0, 0.1) is 17.8 Å². The maximum atomic E-state index is 10.2. The summed E-state index contributed by atoms with van der Waals surface area (Å²) < 4.78 is 0. The van der Waals surface area contributed by atoms with E-state index in [1.54, 1.807) is 0 Å². The van der Waals surface area contributed by atoms with Crippen LogP contribution in [0.3, 0.4) is 0 Å². The van der Waals surface area contributed by atoms with E-state index in [-0.39, 0.29) is 0 Å². The highest BCUT2D eigenvalue weighted by molar-refractivity contribution is 5.49. The fraction of sp³-hybridized carbons (Fsp3) is 0.900. The van der Waals surface area contributed by atoms with Crippen molar-refractivity contribution in [3.63, 3.8) is 0 Å². The lowest BCUT2D eigenvalue weighted by Gasteiger charge is -2.20. The summed E-state index contributed by atoms with van der Waals surface area (Å²) in [5, 5.41) is 0. The maximum Gasteiger partial charge on any atom is 0.120 e. The standard InChI is InChI=1S/C10H16O/c11-5-1-2-9-6-8-3-4-10(9)7-8/h5,8-10H,1-4,6-7H2/t8-,9+,10+/m1/s1. The molecular weight excluding hydrogens is 136 g/mol. The molecule has 0 spiro atoms. The number of fused-ring (bicyclic) bond motifs is 2. The first-order valence-corrected chi connectivity index (χ1v) is 4.84. The van der Waals surface area contributed by atoms with Gasteiger partial charge in [0.05, 0.1) is 0 Å². The number of carbonyl (C=O) groups is 1. The SMILES string of the molecule is O=CCC[C@H]1C[C@H]2CC[C@H]1C2. The smallest absolute Gasteiger partial charge is 0.120 e. The van der Waals surface area contributed by atoms with Gasteiger partial charge >= 0.3 is 0 Å². The lowest BCUT2D eigenvalue weighted by Crippen LogP contribution is -2.10. The van der Waals surface area contributed by atoms with Crippen LogP contribution in [0.25, 0.3) is 0 Å². The van der Waals surface area contributed by atoms with Crippen LogP contribution in [0.5, 0.6) is 0 Å². The zero-order chi connectivity index (χ0) is 7.68. The van der Waals surface area contributed by atoms with E-state index in [4.69, 9.17) is 0 Å². The average molecular weight is 152 g/mol. The van der Waals surface area contributed by atoms with E-state index in [0.717, 1.165) is 30.5 Å². The van der Waals surface area contributed by atoms with Gasteiger partial charge in [-0.05, 0) is 43.4 Å². The third-order valence-corrected chi connectivity index (χ3v) is 3.54. The van der Waals surface area contributed by atoms with Gasteiger partial charge in [-0.1, -0.05) is 6.42 Å². The Morgan fingerprint density at radius 3 is 2.73 bits per heavy atom. The first-order valence-electron chi connectivity index (χ1n) is 4.84. The molecule has 2 aliphatic rings. The first kappa shape index (κ1) is 7.33. The summed E-state index contributed by atoms with van der Waals surface area (Å²) in [5.74, 6) is 2.95. The highest BCUT2D eigenvalue weighted by Crippen LogP contribution is 2.49. The average Bonchev–Trinajstić information content (AvgIpc) is 2.60. The van der Waals surface area contributed by atoms with Crippen LogP contribution in [0.1, 0.15) is 38.5 Å². The van der Waals surface area contributed by atoms with Crippen molar-refractivity contribution in [2.24, 2.45) is 17.8 Å². The molecule has 0 heterocycles. The molecule has 0 aromatic carbocycles. The lowest BCUT2D eigenvalue weighted by atomic mass is 9.86. The van der Waals surface area contributed by atoms with E-state index < -0.39 is 0 Å². The van der Waals surface area contributed by atoms with Gasteiger partial charge in [-0.3, -0.25) is 0 Å². The molecule has 2 rings (SSSR count). The summed E-state index contributed by atoms with van der Waals surface area (Å²) in [7, 11) is 0. The second-order valence-electron chi connectivity index (χ2n) is 4.18. The summed E-state index contributed by atoms with van der Waals surface area (Å²) in [6.45, 7) is 0. The van der Waals surface area contributed by atoms with Gasteiger partial charge in [-0.25, -0.2) is 0 Å². The number of hydrogen-bond donors (Lipinski definition) is 0. The highest BCUT2D eigenvalue weighted by atomic mass is 16.1. The summed E-state index contributed by atoms with van der Waals surface area (Å²) >= 11 is 0. The Bertz CT molecular complexity index is 153. The molecule has 0 N–H and O–H groups in total. The zero-order valence-electron chi connectivity index (χ0n) is 6.96. The van der Waals surface area contributed by atoms with E-state index in [9.17, 15) is 4.79 Å². The van der Waals surface area contributed by atoms with Gasteiger partial charge in [0.25, 0.3) is 0 Å². The minimum atomic E-state index is 0.799. The van der Waals surface area contributed by atoms with Crippen molar-refractivity contribution in [3.05, 3.63) is 0 Å². The number of rotatable bonds is 3. The molecule has 0 aromatic heterocycles. The van der Waals surface area contributed by atoms with E-state index in [1.807, 2.05) is 0 Å². The predicted molar refractivity (Wildman–Crippen MR) is 44.2 cm³/mol. The molecular formula is C10H16O. The fourth-order valence-corrected chi connectivity index (χ4v) is 3.01. The van der Waals surface area contributed by atoms with Gasteiger partial charge in [-0.15, -0.1) is 0 Å². The van der Waals surface area contributed by atoms with Crippen molar-refractivity contribution >= 4 is 6.29 Å². The van der Waals surface area contributed by atoms with Crippen LogP contribution >= 0.6 is 0 Å². The third-order valence-electron chi connectivity index (χ3n) is 3.54. The Kier molecular flexibility index (Phi) is 1.97. The van der Waals surface area contributed by atoms with Crippen molar-refractivity contribution in [1.82, 2.24) is 0 Å². The molecule has 0 saturated heterocycles. The van der Waals surface area contributed by atoms with Crippen LogP contribution in [-0.4, -0.2) is 6.29 Å². The normalized spacial score (nSPS) is 41.3. The lowest BCUT2D eigenvalue weighted by molar-refractivity contribution is -0.108. The van der Waals surface area contributed by atoms with Crippen LogP contribution in [0.4, 0.5) is 0 Å². The topological polar surface area (TPSA) is 17.1 Å². The van der Waals surface area contributed by atoms with Crippen LogP contribution in [0.2, 0.25) is 0 Å². The van der Waals surface area contributed by atoms with Crippen molar-refractivity contribution in [2.45, 2.75) is 38.5 Å². The summed E-state index contributed by atoms with van der Waals surface area (Å²) in [5.41, 5.74) is 0. The predicted octanol–water partition coefficient (Wildman–Crippen LogP) is 2.40. The van der Waals surface area contributed by atoms with Crippen LogP contribution < -0.4 is 0 Å². The fourth-order valence-electron chi connectivity index (χ4n) is 3.01. The summed E-state index contributed by atoms with van der Waals surface area (Å²) in [4.78, 5) is 10.2. The largest absolute Gasteiger partial charge is 0.303 e. The second-order valence-corrected chi connectivity index (χ2v) is 4.18.